The number of aryl methyl sites for hydroxylation is 1. The van der Waals surface area contributed by atoms with Gasteiger partial charge in [0.2, 0.25) is 0 Å². The van der Waals surface area contributed by atoms with Crippen LogP contribution in [0, 0.1) is 6.92 Å². The van der Waals surface area contributed by atoms with Gasteiger partial charge in [0.05, 0.1) is 7.11 Å². The van der Waals surface area contributed by atoms with E-state index in [1.165, 1.54) is 20.9 Å². The molecule has 0 bridgehead atoms. The fourth-order valence-electron chi connectivity index (χ4n) is 1.95. The van der Waals surface area contributed by atoms with Gasteiger partial charge in [-0.05, 0) is 67.4 Å². The standard InChI is InChI=1S/C16H19NOS/c1-12-11-16(6-3-13(12)9-10-17)19-15-7-4-14(18-2)5-8-15/h3-8,11H,9-10,17H2,1-2H3. The van der Waals surface area contributed by atoms with E-state index in [1.54, 1.807) is 18.9 Å². The summed E-state index contributed by atoms with van der Waals surface area (Å²) in [5.74, 6) is 0.888. The molecule has 0 atom stereocenters. The van der Waals surface area contributed by atoms with Gasteiger partial charge in [-0.3, -0.25) is 0 Å². The van der Waals surface area contributed by atoms with E-state index in [9.17, 15) is 0 Å². The Bertz CT molecular complexity index is 537. The molecule has 2 N–H and O–H groups in total. The Hall–Kier alpha value is -1.45. The van der Waals surface area contributed by atoms with Crippen LogP contribution in [-0.2, 0) is 6.42 Å². The maximum atomic E-state index is 5.60. The molecule has 3 heteroatoms. The molecule has 100 valence electrons. The second-order valence-electron chi connectivity index (χ2n) is 4.40. The predicted molar refractivity (Wildman–Crippen MR) is 81.1 cm³/mol. The third-order valence-electron chi connectivity index (χ3n) is 3.02. The van der Waals surface area contributed by atoms with Crippen molar-refractivity contribution in [3.8, 4) is 5.75 Å². The van der Waals surface area contributed by atoms with Crippen LogP contribution in [0.3, 0.4) is 0 Å². The van der Waals surface area contributed by atoms with Gasteiger partial charge in [0.1, 0.15) is 5.75 Å². The number of rotatable bonds is 5. The highest BCUT2D eigenvalue weighted by molar-refractivity contribution is 7.99. The van der Waals surface area contributed by atoms with Gasteiger partial charge in [0, 0.05) is 9.79 Å². The molecule has 0 unspecified atom stereocenters. The van der Waals surface area contributed by atoms with E-state index in [1.807, 2.05) is 12.1 Å². The highest BCUT2D eigenvalue weighted by Gasteiger charge is 2.02. The first-order chi connectivity index (χ1) is 9.22. The molecule has 2 rings (SSSR count). The minimum absolute atomic E-state index is 0.700. The normalized spacial score (nSPS) is 10.5. The molecule has 0 fully saturated rings. The molecule has 19 heavy (non-hydrogen) atoms. The maximum absolute atomic E-state index is 5.60. The number of nitrogens with two attached hydrogens (primary N) is 1. The highest BCUT2D eigenvalue weighted by atomic mass is 32.2. The Morgan fingerprint density at radius 2 is 1.74 bits per heavy atom. The first-order valence-corrected chi connectivity index (χ1v) is 7.16. The number of benzene rings is 2. The summed E-state index contributed by atoms with van der Waals surface area (Å²) in [6.45, 7) is 2.84. The van der Waals surface area contributed by atoms with Gasteiger partial charge in [-0.25, -0.2) is 0 Å². The third kappa shape index (κ3) is 3.75. The monoisotopic (exact) mass is 273 g/mol. The molecule has 0 saturated carbocycles. The van der Waals surface area contributed by atoms with Crippen LogP contribution in [0.2, 0.25) is 0 Å². The molecule has 0 aliphatic carbocycles. The van der Waals surface area contributed by atoms with E-state index in [0.717, 1.165) is 12.2 Å². The van der Waals surface area contributed by atoms with E-state index in [-0.39, 0.29) is 0 Å². The fourth-order valence-corrected chi connectivity index (χ4v) is 2.86. The Balaban J connectivity index is 2.11. The van der Waals surface area contributed by atoms with Crippen molar-refractivity contribution in [1.82, 2.24) is 0 Å². The van der Waals surface area contributed by atoms with Crippen molar-refractivity contribution in [2.75, 3.05) is 13.7 Å². The van der Waals surface area contributed by atoms with Gasteiger partial charge < -0.3 is 10.5 Å². The fraction of sp³-hybridized carbons (Fsp3) is 0.250. The van der Waals surface area contributed by atoms with Crippen molar-refractivity contribution in [3.63, 3.8) is 0 Å². The van der Waals surface area contributed by atoms with Gasteiger partial charge in [0.25, 0.3) is 0 Å². The molecule has 2 nitrogen and oxygen atoms in total. The number of hydrogen-bond donors (Lipinski definition) is 1. The first-order valence-electron chi connectivity index (χ1n) is 6.34. The van der Waals surface area contributed by atoms with Gasteiger partial charge in [-0.2, -0.15) is 0 Å². The topological polar surface area (TPSA) is 35.2 Å². The van der Waals surface area contributed by atoms with Crippen LogP contribution >= 0.6 is 11.8 Å². The molecule has 0 amide bonds. The molecule has 2 aromatic carbocycles. The van der Waals surface area contributed by atoms with Gasteiger partial charge in [0.15, 0.2) is 0 Å². The number of methoxy groups -OCH3 is 1. The maximum Gasteiger partial charge on any atom is 0.118 e. The Morgan fingerprint density at radius 3 is 2.32 bits per heavy atom. The molecule has 0 spiro atoms. The summed E-state index contributed by atoms with van der Waals surface area (Å²) in [5, 5.41) is 0. The smallest absolute Gasteiger partial charge is 0.118 e. The van der Waals surface area contributed by atoms with E-state index in [4.69, 9.17) is 10.5 Å². The summed E-state index contributed by atoms with van der Waals surface area (Å²) in [5.41, 5.74) is 8.25. The van der Waals surface area contributed by atoms with Gasteiger partial charge >= 0.3 is 0 Å². The second-order valence-corrected chi connectivity index (χ2v) is 5.55. The molecular weight excluding hydrogens is 254 g/mol. The summed E-state index contributed by atoms with van der Waals surface area (Å²) >= 11 is 1.76. The third-order valence-corrected chi connectivity index (χ3v) is 4.02. The quantitative estimate of drug-likeness (QED) is 0.903. The molecule has 0 aliphatic heterocycles. The second kappa shape index (κ2) is 6.64. The summed E-state index contributed by atoms with van der Waals surface area (Å²) in [6, 6.07) is 14.7. The van der Waals surface area contributed by atoms with Crippen molar-refractivity contribution in [1.29, 1.82) is 0 Å². The van der Waals surface area contributed by atoms with Crippen LogP contribution in [0.5, 0.6) is 5.75 Å². The highest BCUT2D eigenvalue weighted by Crippen LogP contribution is 2.30. The van der Waals surface area contributed by atoms with Crippen LogP contribution in [0.15, 0.2) is 52.3 Å². The number of hydrogen-bond acceptors (Lipinski definition) is 3. The van der Waals surface area contributed by atoms with Crippen LogP contribution in [-0.4, -0.2) is 13.7 Å². The van der Waals surface area contributed by atoms with Crippen molar-refractivity contribution in [3.05, 3.63) is 53.6 Å². The average Bonchev–Trinajstić information content (AvgIpc) is 2.43. The molecule has 2 aromatic rings. The minimum atomic E-state index is 0.700. The zero-order valence-corrected chi connectivity index (χ0v) is 12.2. The largest absolute Gasteiger partial charge is 0.497 e. The van der Waals surface area contributed by atoms with Crippen LogP contribution in [0.4, 0.5) is 0 Å². The Morgan fingerprint density at radius 1 is 1.05 bits per heavy atom. The SMILES string of the molecule is COc1ccc(Sc2ccc(CCN)c(C)c2)cc1. The molecule has 0 aliphatic rings. The zero-order valence-electron chi connectivity index (χ0n) is 11.3. The molecular formula is C16H19NOS. The lowest BCUT2D eigenvalue weighted by Gasteiger charge is -2.08. The van der Waals surface area contributed by atoms with Crippen LogP contribution in [0.1, 0.15) is 11.1 Å². The van der Waals surface area contributed by atoms with Gasteiger partial charge in [-0.1, -0.05) is 17.8 Å². The van der Waals surface area contributed by atoms with Crippen molar-refractivity contribution < 1.29 is 4.74 Å². The summed E-state index contributed by atoms with van der Waals surface area (Å²) < 4.78 is 5.16. The summed E-state index contributed by atoms with van der Waals surface area (Å²) in [7, 11) is 1.68. The molecule has 0 heterocycles. The van der Waals surface area contributed by atoms with E-state index >= 15 is 0 Å². The lowest BCUT2D eigenvalue weighted by Crippen LogP contribution is -2.03. The van der Waals surface area contributed by atoms with Crippen LogP contribution in [0.25, 0.3) is 0 Å². The van der Waals surface area contributed by atoms with Crippen molar-refractivity contribution in [2.45, 2.75) is 23.1 Å². The Labute approximate surface area is 119 Å². The van der Waals surface area contributed by atoms with E-state index in [2.05, 4.69) is 37.3 Å². The minimum Gasteiger partial charge on any atom is -0.497 e. The lowest BCUT2D eigenvalue weighted by molar-refractivity contribution is 0.414. The lowest BCUT2D eigenvalue weighted by atomic mass is 10.1. The average molecular weight is 273 g/mol. The van der Waals surface area contributed by atoms with Crippen molar-refractivity contribution in [2.24, 2.45) is 5.73 Å². The Kier molecular flexibility index (Phi) is 4.88. The van der Waals surface area contributed by atoms with Crippen LogP contribution < -0.4 is 10.5 Å². The van der Waals surface area contributed by atoms with Crippen molar-refractivity contribution >= 4 is 11.8 Å². The summed E-state index contributed by atoms with van der Waals surface area (Å²) in [4.78, 5) is 2.47. The molecule has 0 saturated heterocycles. The number of ether oxygens (including phenoxy) is 1. The summed E-state index contributed by atoms with van der Waals surface area (Å²) in [6.07, 6.45) is 0.944. The first kappa shape index (κ1) is 14.0. The van der Waals surface area contributed by atoms with Gasteiger partial charge in [-0.15, -0.1) is 0 Å². The van der Waals surface area contributed by atoms with E-state index in [0.29, 0.717) is 6.54 Å². The molecule has 0 radical (unpaired) electrons. The van der Waals surface area contributed by atoms with E-state index < -0.39 is 0 Å². The predicted octanol–water partition coefficient (Wildman–Crippen LogP) is 3.66. The molecule has 0 aromatic heterocycles. The zero-order chi connectivity index (χ0) is 13.7.